The molecule has 3 aromatic rings. The summed E-state index contributed by atoms with van der Waals surface area (Å²) < 4.78 is 40.2. The molecule has 0 aliphatic heterocycles. The smallest absolute Gasteiger partial charge is 0.244 e. The fraction of sp³-hybridized carbons (Fsp3) is 0.310. The highest BCUT2D eigenvalue weighted by atomic mass is 35.5. The number of nitrogens with zero attached hydrogens (tertiary/aromatic N) is 2. The zero-order valence-electron chi connectivity index (χ0n) is 22.5. The molecule has 0 heterocycles. The van der Waals surface area contributed by atoms with Gasteiger partial charge in [-0.25, -0.2) is 12.8 Å². The number of carbonyl (C=O) groups excluding carboxylic acids is 2. The minimum atomic E-state index is -4.00. The molecule has 2 atom stereocenters. The third-order valence-corrected chi connectivity index (χ3v) is 8.08. The number of sulfonamides is 1. The molecule has 0 fully saturated rings. The number of hydrogen-bond acceptors (Lipinski definition) is 4. The standard InChI is InChI=1S/C29H32Cl2FN3O4S/c1-4-20(2)33-29(37)27(16-21-8-6-5-7-9-21)34(18-22-10-13-24(32)14-11-22)28(36)19-35(40(3,38)39)26-17-23(30)12-15-25(26)31/h5-15,17,20,27H,4,16,18-19H2,1-3H3,(H,33,37)/t20-,27-/m0/s1. The van der Waals surface area contributed by atoms with E-state index in [1.165, 1.54) is 47.4 Å². The van der Waals surface area contributed by atoms with Gasteiger partial charge in [-0.3, -0.25) is 13.9 Å². The summed E-state index contributed by atoms with van der Waals surface area (Å²) in [5.41, 5.74) is 1.41. The van der Waals surface area contributed by atoms with Crippen LogP contribution in [0.15, 0.2) is 72.8 Å². The Hall–Kier alpha value is -3.14. The van der Waals surface area contributed by atoms with Crippen LogP contribution in [-0.2, 0) is 32.6 Å². The van der Waals surface area contributed by atoms with E-state index in [9.17, 15) is 22.4 Å². The lowest BCUT2D eigenvalue weighted by molar-refractivity contribution is -0.140. The Balaban J connectivity index is 2.08. The molecule has 0 aromatic heterocycles. The first-order chi connectivity index (χ1) is 18.9. The van der Waals surface area contributed by atoms with Gasteiger partial charge in [0.2, 0.25) is 21.8 Å². The summed E-state index contributed by atoms with van der Waals surface area (Å²) in [5.74, 6) is -1.48. The number of amides is 2. The summed E-state index contributed by atoms with van der Waals surface area (Å²) in [4.78, 5) is 29.0. The van der Waals surface area contributed by atoms with Crippen LogP contribution in [0.25, 0.3) is 0 Å². The normalized spacial score (nSPS) is 12.8. The van der Waals surface area contributed by atoms with Crippen molar-refractivity contribution in [1.29, 1.82) is 0 Å². The van der Waals surface area contributed by atoms with Gasteiger partial charge in [0, 0.05) is 24.0 Å². The highest BCUT2D eigenvalue weighted by molar-refractivity contribution is 7.92. The molecule has 3 rings (SSSR count). The Kier molecular flexibility index (Phi) is 11.0. The van der Waals surface area contributed by atoms with Crippen molar-refractivity contribution in [3.63, 3.8) is 0 Å². The molecule has 0 unspecified atom stereocenters. The van der Waals surface area contributed by atoms with E-state index in [1.807, 2.05) is 44.2 Å². The van der Waals surface area contributed by atoms with Crippen molar-refractivity contribution in [2.24, 2.45) is 0 Å². The number of hydrogen-bond donors (Lipinski definition) is 1. The van der Waals surface area contributed by atoms with E-state index in [0.717, 1.165) is 16.1 Å². The van der Waals surface area contributed by atoms with Crippen molar-refractivity contribution in [1.82, 2.24) is 10.2 Å². The molecule has 0 bridgehead atoms. The Morgan fingerprint density at radius 3 is 2.23 bits per heavy atom. The van der Waals surface area contributed by atoms with Crippen LogP contribution in [0.3, 0.4) is 0 Å². The summed E-state index contributed by atoms with van der Waals surface area (Å²) in [5, 5.41) is 3.27. The van der Waals surface area contributed by atoms with Crippen molar-refractivity contribution < 1.29 is 22.4 Å². The van der Waals surface area contributed by atoms with E-state index >= 15 is 0 Å². The van der Waals surface area contributed by atoms with E-state index in [-0.39, 0.29) is 40.6 Å². The van der Waals surface area contributed by atoms with Crippen LogP contribution in [-0.4, -0.2) is 50.0 Å². The zero-order chi connectivity index (χ0) is 29.4. The van der Waals surface area contributed by atoms with E-state index in [1.54, 1.807) is 0 Å². The maximum Gasteiger partial charge on any atom is 0.244 e. The summed E-state index contributed by atoms with van der Waals surface area (Å²) in [6.07, 6.45) is 1.80. The average molecular weight is 609 g/mol. The summed E-state index contributed by atoms with van der Waals surface area (Å²) in [7, 11) is -4.00. The minimum absolute atomic E-state index is 0.0374. The maximum absolute atomic E-state index is 14.0. The molecule has 0 saturated heterocycles. The lowest BCUT2D eigenvalue weighted by Crippen LogP contribution is -2.54. The number of halogens is 3. The van der Waals surface area contributed by atoms with Gasteiger partial charge in [-0.05, 0) is 54.8 Å². The minimum Gasteiger partial charge on any atom is -0.352 e. The number of rotatable bonds is 12. The van der Waals surface area contributed by atoms with Crippen molar-refractivity contribution >= 4 is 50.7 Å². The molecule has 0 aliphatic rings. The van der Waals surface area contributed by atoms with Gasteiger partial charge in [-0.15, -0.1) is 0 Å². The van der Waals surface area contributed by atoms with Crippen molar-refractivity contribution in [3.8, 4) is 0 Å². The third-order valence-electron chi connectivity index (χ3n) is 6.39. The highest BCUT2D eigenvalue weighted by Gasteiger charge is 2.34. The van der Waals surface area contributed by atoms with E-state index in [2.05, 4.69) is 5.32 Å². The first-order valence-corrected chi connectivity index (χ1v) is 15.3. The molecule has 214 valence electrons. The predicted octanol–water partition coefficient (Wildman–Crippen LogP) is 5.45. The summed E-state index contributed by atoms with van der Waals surface area (Å²) in [6, 6.07) is 17.9. The number of benzene rings is 3. The van der Waals surface area contributed by atoms with Gasteiger partial charge in [0.15, 0.2) is 0 Å². The first kappa shape index (κ1) is 31.4. The van der Waals surface area contributed by atoms with Crippen LogP contribution in [0.5, 0.6) is 0 Å². The third kappa shape index (κ3) is 8.68. The zero-order valence-corrected chi connectivity index (χ0v) is 24.8. The second-order valence-electron chi connectivity index (χ2n) is 9.54. The van der Waals surface area contributed by atoms with Crippen LogP contribution in [0, 0.1) is 5.82 Å². The number of nitrogens with one attached hydrogen (secondary N) is 1. The van der Waals surface area contributed by atoms with Crippen LogP contribution >= 0.6 is 23.2 Å². The highest BCUT2D eigenvalue weighted by Crippen LogP contribution is 2.31. The molecule has 7 nitrogen and oxygen atoms in total. The number of anilines is 1. The molecule has 1 N–H and O–H groups in total. The second kappa shape index (κ2) is 14.0. The fourth-order valence-electron chi connectivity index (χ4n) is 4.05. The van der Waals surface area contributed by atoms with Crippen LogP contribution in [0.4, 0.5) is 10.1 Å². The predicted molar refractivity (Wildman–Crippen MR) is 157 cm³/mol. The van der Waals surface area contributed by atoms with Gasteiger partial charge < -0.3 is 10.2 Å². The van der Waals surface area contributed by atoms with Crippen LogP contribution in [0.2, 0.25) is 10.0 Å². The molecule has 0 aliphatic carbocycles. The molecule has 40 heavy (non-hydrogen) atoms. The van der Waals surface area contributed by atoms with Gasteiger partial charge in [0.05, 0.1) is 17.0 Å². The van der Waals surface area contributed by atoms with Crippen molar-refractivity contribution in [2.45, 2.75) is 45.3 Å². The van der Waals surface area contributed by atoms with Crippen molar-refractivity contribution in [2.75, 3.05) is 17.1 Å². The van der Waals surface area contributed by atoms with Gasteiger partial charge in [0.25, 0.3) is 0 Å². The molecule has 11 heteroatoms. The largest absolute Gasteiger partial charge is 0.352 e. The molecular weight excluding hydrogens is 576 g/mol. The molecular formula is C29H32Cl2FN3O4S. The quantitative estimate of drug-likeness (QED) is 0.296. The number of carbonyl (C=O) groups is 2. The second-order valence-corrected chi connectivity index (χ2v) is 12.3. The maximum atomic E-state index is 14.0. The topological polar surface area (TPSA) is 86.8 Å². The SMILES string of the molecule is CC[C@H](C)NC(=O)[C@H](Cc1ccccc1)N(Cc1ccc(F)cc1)C(=O)CN(c1cc(Cl)ccc1Cl)S(C)(=O)=O. The molecule has 0 spiro atoms. The lowest BCUT2D eigenvalue weighted by atomic mass is 10.0. The van der Waals surface area contributed by atoms with Gasteiger partial charge in [0.1, 0.15) is 18.4 Å². The van der Waals surface area contributed by atoms with Gasteiger partial charge >= 0.3 is 0 Å². The summed E-state index contributed by atoms with van der Waals surface area (Å²) in [6.45, 7) is 3.08. The Morgan fingerprint density at radius 2 is 1.62 bits per heavy atom. The lowest BCUT2D eigenvalue weighted by Gasteiger charge is -2.34. The molecule has 0 radical (unpaired) electrons. The fourth-order valence-corrected chi connectivity index (χ4v) is 5.34. The van der Waals surface area contributed by atoms with Crippen LogP contribution < -0.4 is 9.62 Å². The van der Waals surface area contributed by atoms with Gasteiger partial charge in [-0.1, -0.05) is 72.6 Å². The Morgan fingerprint density at radius 1 is 0.975 bits per heavy atom. The first-order valence-electron chi connectivity index (χ1n) is 12.7. The average Bonchev–Trinajstić information content (AvgIpc) is 2.91. The van der Waals surface area contributed by atoms with E-state index in [0.29, 0.717) is 12.0 Å². The molecule has 3 aromatic carbocycles. The summed E-state index contributed by atoms with van der Waals surface area (Å²) >= 11 is 12.4. The van der Waals surface area contributed by atoms with E-state index < -0.39 is 34.3 Å². The monoisotopic (exact) mass is 607 g/mol. The Labute approximate surface area is 244 Å². The Bertz CT molecular complexity index is 1420. The van der Waals surface area contributed by atoms with Crippen LogP contribution in [0.1, 0.15) is 31.4 Å². The van der Waals surface area contributed by atoms with E-state index in [4.69, 9.17) is 23.2 Å². The van der Waals surface area contributed by atoms with Gasteiger partial charge in [-0.2, -0.15) is 0 Å². The molecule has 2 amide bonds. The molecule has 0 saturated carbocycles. The van der Waals surface area contributed by atoms with Crippen molar-refractivity contribution in [3.05, 3.63) is 99.8 Å².